The van der Waals surface area contributed by atoms with Crippen molar-refractivity contribution in [2.75, 3.05) is 6.54 Å². The summed E-state index contributed by atoms with van der Waals surface area (Å²) in [6.07, 6.45) is 3.92. The summed E-state index contributed by atoms with van der Waals surface area (Å²) in [5.74, 6) is -0.768. The number of amides is 4. The van der Waals surface area contributed by atoms with Crippen LogP contribution in [0.3, 0.4) is 0 Å². The van der Waals surface area contributed by atoms with Gasteiger partial charge in [-0.2, -0.15) is 0 Å². The molecule has 0 fully saturated rings. The van der Waals surface area contributed by atoms with Crippen molar-refractivity contribution < 1.29 is 19.2 Å². The highest BCUT2D eigenvalue weighted by molar-refractivity contribution is 5.89. The molecule has 0 aromatic rings. The Morgan fingerprint density at radius 1 is 1.21 bits per heavy atom. The molecule has 0 aromatic carbocycles. The minimum Gasteiger partial charge on any atom is -0.352 e. The molecule has 136 valence electrons. The van der Waals surface area contributed by atoms with Gasteiger partial charge in [-0.05, 0) is 25.2 Å². The molecular formula is C16H28N4O4. The van der Waals surface area contributed by atoms with Gasteiger partial charge in [0.25, 0.3) is 0 Å². The van der Waals surface area contributed by atoms with Crippen LogP contribution in [0.4, 0.5) is 4.79 Å². The van der Waals surface area contributed by atoms with Crippen LogP contribution in [0.15, 0.2) is 12.7 Å². The first kappa shape index (κ1) is 21.6. The number of primary amides is 1. The largest absolute Gasteiger partial charge is 0.352 e. The van der Waals surface area contributed by atoms with Gasteiger partial charge in [0, 0.05) is 13.0 Å². The molecule has 0 aromatic heterocycles. The maximum Gasteiger partial charge on any atom is 0.312 e. The quantitative estimate of drug-likeness (QED) is 0.230. The van der Waals surface area contributed by atoms with Crippen molar-refractivity contribution in [1.82, 2.24) is 16.0 Å². The smallest absolute Gasteiger partial charge is 0.312 e. The van der Waals surface area contributed by atoms with Crippen molar-refractivity contribution in [3.05, 3.63) is 12.7 Å². The van der Waals surface area contributed by atoms with Crippen molar-refractivity contribution in [2.24, 2.45) is 11.7 Å². The second kappa shape index (κ2) is 12.1. The molecule has 0 aliphatic heterocycles. The van der Waals surface area contributed by atoms with Gasteiger partial charge in [0.2, 0.25) is 11.8 Å². The lowest BCUT2D eigenvalue weighted by Crippen LogP contribution is -2.52. The third-order valence-corrected chi connectivity index (χ3v) is 3.32. The van der Waals surface area contributed by atoms with Crippen LogP contribution >= 0.6 is 0 Å². The Balaban J connectivity index is 4.50. The molecule has 5 N–H and O–H groups in total. The standard InChI is InChI=1S/C16H28N4O4/c1-4-5-8-13(22)20-14(11(2)3)15(23)19-12(10-21)7-6-9-18-16(17)24/h4,10-12,14H,1,5-9H2,2-3H3,(H,19,23)(H,20,22)(H3,17,18,24). The predicted molar refractivity (Wildman–Crippen MR) is 91.0 cm³/mol. The third-order valence-electron chi connectivity index (χ3n) is 3.32. The Kier molecular flexibility index (Phi) is 10.9. The number of nitrogens with two attached hydrogens (primary N) is 1. The van der Waals surface area contributed by atoms with Gasteiger partial charge in [-0.15, -0.1) is 6.58 Å². The number of hydrogen-bond donors (Lipinski definition) is 4. The Morgan fingerprint density at radius 3 is 2.38 bits per heavy atom. The molecule has 0 rings (SSSR count). The summed E-state index contributed by atoms with van der Waals surface area (Å²) in [6.45, 7) is 7.49. The fraction of sp³-hybridized carbons (Fsp3) is 0.625. The molecule has 0 spiro atoms. The molecule has 0 saturated carbocycles. The number of rotatable bonds is 12. The minimum atomic E-state index is -0.714. The van der Waals surface area contributed by atoms with E-state index in [1.54, 1.807) is 6.08 Å². The monoisotopic (exact) mass is 340 g/mol. The average molecular weight is 340 g/mol. The zero-order valence-electron chi connectivity index (χ0n) is 14.3. The predicted octanol–water partition coefficient (Wildman–Crippen LogP) is 0.226. The van der Waals surface area contributed by atoms with Gasteiger partial charge in [0.1, 0.15) is 12.3 Å². The van der Waals surface area contributed by atoms with E-state index in [0.717, 1.165) is 0 Å². The number of hydrogen-bond acceptors (Lipinski definition) is 4. The summed E-state index contributed by atoms with van der Waals surface area (Å²) in [6, 6.07) is -2.03. The molecular weight excluding hydrogens is 312 g/mol. The Labute approximate surface area is 142 Å². The number of carbonyl (C=O) groups is 4. The summed E-state index contributed by atoms with van der Waals surface area (Å²) < 4.78 is 0. The first-order valence-electron chi connectivity index (χ1n) is 8.01. The topological polar surface area (TPSA) is 130 Å². The van der Waals surface area contributed by atoms with Crippen LogP contribution < -0.4 is 21.7 Å². The van der Waals surface area contributed by atoms with E-state index >= 15 is 0 Å². The van der Waals surface area contributed by atoms with E-state index in [-0.39, 0.29) is 18.2 Å². The maximum absolute atomic E-state index is 12.3. The minimum absolute atomic E-state index is 0.124. The lowest BCUT2D eigenvalue weighted by molar-refractivity contribution is -0.131. The zero-order valence-corrected chi connectivity index (χ0v) is 14.3. The van der Waals surface area contributed by atoms with Crippen LogP contribution in [-0.2, 0) is 14.4 Å². The molecule has 8 nitrogen and oxygen atoms in total. The molecule has 0 saturated heterocycles. The second-order valence-corrected chi connectivity index (χ2v) is 5.80. The molecule has 2 unspecified atom stereocenters. The lowest BCUT2D eigenvalue weighted by atomic mass is 10.0. The van der Waals surface area contributed by atoms with Gasteiger partial charge >= 0.3 is 6.03 Å². The molecule has 4 amide bonds. The van der Waals surface area contributed by atoms with E-state index in [0.29, 0.717) is 32.1 Å². The molecule has 0 bridgehead atoms. The van der Waals surface area contributed by atoms with Crippen LogP contribution in [0, 0.1) is 5.92 Å². The summed E-state index contributed by atoms with van der Waals surface area (Å²) in [5, 5.41) is 7.70. The number of carbonyl (C=O) groups excluding carboxylic acids is 4. The van der Waals surface area contributed by atoms with Crippen LogP contribution in [0.5, 0.6) is 0 Å². The van der Waals surface area contributed by atoms with Gasteiger partial charge in [-0.1, -0.05) is 19.9 Å². The van der Waals surface area contributed by atoms with E-state index in [1.807, 2.05) is 13.8 Å². The Bertz CT molecular complexity index is 451. The lowest BCUT2D eigenvalue weighted by Gasteiger charge is -2.23. The normalized spacial score (nSPS) is 12.8. The van der Waals surface area contributed by atoms with Gasteiger partial charge < -0.3 is 26.5 Å². The number of aldehydes is 1. The Hall–Kier alpha value is -2.38. The van der Waals surface area contributed by atoms with Crippen LogP contribution in [-0.4, -0.2) is 42.8 Å². The van der Waals surface area contributed by atoms with E-state index in [9.17, 15) is 19.2 Å². The van der Waals surface area contributed by atoms with Crippen molar-refractivity contribution in [3.8, 4) is 0 Å². The maximum atomic E-state index is 12.3. The van der Waals surface area contributed by atoms with E-state index in [2.05, 4.69) is 22.5 Å². The number of nitrogens with one attached hydrogen (secondary N) is 3. The zero-order chi connectivity index (χ0) is 18.5. The van der Waals surface area contributed by atoms with Crippen LogP contribution in [0.25, 0.3) is 0 Å². The van der Waals surface area contributed by atoms with Gasteiger partial charge in [-0.3, -0.25) is 9.59 Å². The highest BCUT2D eigenvalue weighted by atomic mass is 16.2. The molecule has 8 heteroatoms. The van der Waals surface area contributed by atoms with E-state index < -0.39 is 24.0 Å². The molecule has 0 radical (unpaired) electrons. The summed E-state index contributed by atoms with van der Waals surface area (Å²) in [4.78, 5) is 45.8. The molecule has 2 atom stereocenters. The number of urea groups is 1. The SMILES string of the molecule is C=CCCC(=O)NC(C(=O)NC(C=O)CCCNC(N)=O)C(C)C. The van der Waals surface area contributed by atoms with Gasteiger partial charge in [-0.25, -0.2) is 4.79 Å². The van der Waals surface area contributed by atoms with Crippen molar-refractivity contribution >= 4 is 24.1 Å². The first-order chi connectivity index (χ1) is 11.3. The van der Waals surface area contributed by atoms with Crippen LogP contribution in [0.2, 0.25) is 0 Å². The fourth-order valence-electron chi connectivity index (χ4n) is 1.99. The van der Waals surface area contributed by atoms with Crippen molar-refractivity contribution in [3.63, 3.8) is 0 Å². The summed E-state index contributed by atoms with van der Waals surface area (Å²) in [7, 11) is 0. The molecule has 0 heterocycles. The van der Waals surface area contributed by atoms with E-state index in [1.165, 1.54) is 0 Å². The molecule has 24 heavy (non-hydrogen) atoms. The third kappa shape index (κ3) is 9.60. The van der Waals surface area contributed by atoms with Crippen LogP contribution in [0.1, 0.15) is 39.5 Å². The van der Waals surface area contributed by atoms with Crippen molar-refractivity contribution in [2.45, 2.75) is 51.6 Å². The van der Waals surface area contributed by atoms with Gasteiger partial charge in [0.05, 0.1) is 6.04 Å². The summed E-state index contributed by atoms with van der Waals surface area (Å²) in [5.41, 5.74) is 4.94. The highest BCUT2D eigenvalue weighted by Gasteiger charge is 2.25. The second-order valence-electron chi connectivity index (χ2n) is 5.80. The fourth-order valence-corrected chi connectivity index (χ4v) is 1.99. The van der Waals surface area contributed by atoms with Gasteiger partial charge in [0.15, 0.2) is 0 Å². The summed E-state index contributed by atoms with van der Waals surface area (Å²) >= 11 is 0. The van der Waals surface area contributed by atoms with E-state index in [4.69, 9.17) is 5.73 Å². The molecule has 0 aliphatic carbocycles. The average Bonchev–Trinajstić information content (AvgIpc) is 2.52. The molecule has 0 aliphatic rings. The number of allylic oxidation sites excluding steroid dienone is 1. The van der Waals surface area contributed by atoms with Crippen molar-refractivity contribution in [1.29, 1.82) is 0 Å². The highest BCUT2D eigenvalue weighted by Crippen LogP contribution is 2.05. The first-order valence-corrected chi connectivity index (χ1v) is 8.01. The Morgan fingerprint density at radius 2 is 1.88 bits per heavy atom.